The predicted molar refractivity (Wildman–Crippen MR) is 71.5 cm³/mol. The van der Waals surface area contributed by atoms with Crippen LogP contribution in [0.2, 0.25) is 0 Å². The molecule has 1 aromatic carbocycles. The van der Waals surface area contributed by atoms with Crippen LogP contribution in [-0.4, -0.2) is 30.6 Å². The molecule has 17 heavy (non-hydrogen) atoms. The van der Waals surface area contributed by atoms with Crippen molar-refractivity contribution in [2.24, 2.45) is 5.73 Å². The van der Waals surface area contributed by atoms with Crippen molar-refractivity contribution in [3.05, 3.63) is 48.2 Å². The van der Waals surface area contributed by atoms with E-state index in [1.165, 1.54) is 18.5 Å². The number of hydrogen-bond acceptors (Lipinski definition) is 3. The SMILES string of the molecule is NCC=CN[C@H]1CCN(Cc2ccccc2)C1. The predicted octanol–water partition coefficient (Wildman–Crippen LogP) is 1.32. The van der Waals surface area contributed by atoms with Crippen LogP contribution in [0.1, 0.15) is 12.0 Å². The van der Waals surface area contributed by atoms with Gasteiger partial charge in [0.2, 0.25) is 0 Å². The fraction of sp³-hybridized carbons (Fsp3) is 0.429. The highest BCUT2D eigenvalue weighted by Gasteiger charge is 2.20. The minimum absolute atomic E-state index is 0.571. The van der Waals surface area contributed by atoms with Gasteiger partial charge in [-0.3, -0.25) is 4.90 Å². The van der Waals surface area contributed by atoms with Gasteiger partial charge in [0.1, 0.15) is 0 Å². The van der Waals surface area contributed by atoms with Crippen LogP contribution >= 0.6 is 0 Å². The molecule has 1 atom stereocenters. The molecular weight excluding hydrogens is 210 g/mol. The number of nitrogens with two attached hydrogens (primary N) is 1. The number of rotatable bonds is 5. The Morgan fingerprint density at radius 2 is 2.18 bits per heavy atom. The monoisotopic (exact) mass is 231 g/mol. The first-order valence-corrected chi connectivity index (χ1v) is 6.26. The fourth-order valence-corrected chi connectivity index (χ4v) is 2.23. The molecule has 1 fully saturated rings. The van der Waals surface area contributed by atoms with Gasteiger partial charge in [-0.2, -0.15) is 0 Å². The molecule has 1 aliphatic rings. The third-order valence-corrected chi connectivity index (χ3v) is 3.11. The topological polar surface area (TPSA) is 41.3 Å². The van der Waals surface area contributed by atoms with Gasteiger partial charge in [-0.15, -0.1) is 0 Å². The molecule has 2 rings (SSSR count). The molecule has 0 spiro atoms. The van der Waals surface area contributed by atoms with Crippen molar-refractivity contribution in [2.75, 3.05) is 19.6 Å². The highest BCUT2D eigenvalue weighted by molar-refractivity contribution is 5.14. The summed E-state index contributed by atoms with van der Waals surface area (Å²) in [7, 11) is 0. The third-order valence-electron chi connectivity index (χ3n) is 3.11. The molecule has 92 valence electrons. The summed E-state index contributed by atoms with van der Waals surface area (Å²) in [5, 5.41) is 3.40. The van der Waals surface area contributed by atoms with Gasteiger partial charge < -0.3 is 11.1 Å². The summed E-state index contributed by atoms with van der Waals surface area (Å²) in [6.07, 6.45) is 5.15. The van der Waals surface area contributed by atoms with Crippen LogP contribution in [-0.2, 0) is 6.54 Å². The van der Waals surface area contributed by atoms with Crippen molar-refractivity contribution < 1.29 is 0 Å². The Kier molecular flexibility index (Phi) is 4.59. The van der Waals surface area contributed by atoms with Crippen molar-refractivity contribution in [3.63, 3.8) is 0 Å². The smallest absolute Gasteiger partial charge is 0.0395 e. The van der Waals surface area contributed by atoms with E-state index in [2.05, 4.69) is 40.5 Å². The van der Waals surface area contributed by atoms with Gasteiger partial charge in [-0.1, -0.05) is 36.4 Å². The molecule has 0 saturated carbocycles. The second-order valence-corrected chi connectivity index (χ2v) is 4.51. The molecular formula is C14H21N3. The van der Waals surface area contributed by atoms with E-state index in [1.807, 2.05) is 12.3 Å². The lowest BCUT2D eigenvalue weighted by Crippen LogP contribution is -2.29. The van der Waals surface area contributed by atoms with Crippen LogP contribution < -0.4 is 11.1 Å². The Bertz CT molecular complexity index is 348. The fourth-order valence-electron chi connectivity index (χ4n) is 2.23. The minimum Gasteiger partial charge on any atom is -0.387 e. The van der Waals surface area contributed by atoms with E-state index < -0.39 is 0 Å². The Hall–Kier alpha value is -1.32. The van der Waals surface area contributed by atoms with Gasteiger partial charge in [-0.05, 0) is 18.2 Å². The Balaban J connectivity index is 1.76. The van der Waals surface area contributed by atoms with E-state index in [0.717, 1.165) is 13.1 Å². The van der Waals surface area contributed by atoms with Crippen LogP contribution in [0.5, 0.6) is 0 Å². The van der Waals surface area contributed by atoms with E-state index in [0.29, 0.717) is 12.6 Å². The number of hydrogen-bond donors (Lipinski definition) is 2. The summed E-state index contributed by atoms with van der Waals surface area (Å²) in [5.74, 6) is 0. The van der Waals surface area contributed by atoms with Crippen LogP contribution in [0.4, 0.5) is 0 Å². The van der Waals surface area contributed by atoms with Crippen molar-refractivity contribution in [1.29, 1.82) is 0 Å². The highest BCUT2D eigenvalue weighted by Crippen LogP contribution is 2.13. The van der Waals surface area contributed by atoms with E-state index in [4.69, 9.17) is 5.73 Å². The van der Waals surface area contributed by atoms with Crippen molar-refractivity contribution in [1.82, 2.24) is 10.2 Å². The van der Waals surface area contributed by atoms with Crippen LogP contribution in [0.15, 0.2) is 42.6 Å². The maximum atomic E-state index is 5.41. The Morgan fingerprint density at radius 3 is 2.94 bits per heavy atom. The van der Waals surface area contributed by atoms with E-state index >= 15 is 0 Å². The van der Waals surface area contributed by atoms with Crippen molar-refractivity contribution >= 4 is 0 Å². The number of benzene rings is 1. The van der Waals surface area contributed by atoms with Gasteiger partial charge in [0, 0.05) is 32.2 Å². The van der Waals surface area contributed by atoms with Crippen LogP contribution in [0.3, 0.4) is 0 Å². The standard InChI is InChI=1S/C14H21N3/c15-8-4-9-16-14-7-10-17(12-14)11-13-5-2-1-3-6-13/h1-6,9,14,16H,7-8,10-12,15H2/t14-/m0/s1. The van der Waals surface area contributed by atoms with E-state index in [9.17, 15) is 0 Å². The zero-order valence-electron chi connectivity index (χ0n) is 10.2. The molecule has 0 aliphatic carbocycles. The highest BCUT2D eigenvalue weighted by atomic mass is 15.2. The number of likely N-dealkylation sites (tertiary alicyclic amines) is 1. The molecule has 0 unspecified atom stereocenters. The summed E-state index contributed by atoms with van der Waals surface area (Å²) < 4.78 is 0. The maximum absolute atomic E-state index is 5.41. The van der Waals surface area contributed by atoms with Crippen molar-refractivity contribution in [2.45, 2.75) is 19.0 Å². The molecule has 1 heterocycles. The Morgan fingerprint density at radius 1 is 1.35 bits per heavy atom. The summed E-state index contributed by atoms with van der Waals surface area (Å²) in [4.78, 5) is 2.49. The molecule has 1 aliphatic heterocycles. The van der Waals surface area contributed by atoms with Crippen molar-refractivity contribution in [3.8, 4) is 0 Å². The number of nitrogens with zero attached hydrogens (tertiary/aromatic N) is 1. The lowest BCUT2D eigenvalue weighted by molar-refractivity contribution is 0.323. The van der Waals surface area contributed by atoms with Gasteiger partial charge >= 0.3 is 0 Å². The van der Waals surface area contributed by atoms with Gasteiger partial charge in [0.05, 0.1) is 0 Å². The molecule has 3 N–H and O–H groups in total. The summed E-state index contributed by atoms with van der Waals surface area (Å²) in [6.45, 7) is 3.94. The normalized spacial score (nSPS) is 21.1. The largest absolute Gasteiger partial charge is 0.387 e. The van der Waals surface area contributed by atoms with Gasteiger partial charge in [0.15, 0.2) is 0 Å². The molecule has 0 aromatic heterocycles. The van der Waals surface area contributed by atoms with Crippen LogP contribution in [0.25, 0.3) is 0 Å². The first kappa shape index (κ1) is 12.1. The lowest BCUT2D eigenvalue weighted by atomic mass is 10.2. The quantitative estimate of drug-likeness (QED) is 0.803. The first-order chi connectivity index (χ1) is 8.38. The Labute approximate surface area is 103 Å². The summed E-state index contributed by atoms with van der Waals surface area (Å²) in [6, 6.07) is 11.2. The minimum atomic E-state index is 0.571. The van der Waals surface area contributed by atoms with Gasteiger partial charge in [-0.25, -0.2) is 0 Å². The molecule has 3 heteroatoms. The molecule has 3 nitrogen and oxygen atoms in total. The van der Waals surface area contributed by atoms with E-state index in [-0.39, 0.29) is 0 Å². The summed E-state index contributed by atoms with van der Waals surface area (Å²) >= 11 is 0. The molecule has 0 bridgehead atoms. The first-order valence-electron chi connectivity index (χ1n) is 6.26. The zero-order valence-corrected chi connectivity index (χ0v) is 10.2. The molecule has 0 amide bonds. The zero-order chi connectivity index (χ0) is 11.9. The molecule has 0 radical (unpaired) electrons. The molecule has 1 saturated heterocycles. The van der Waals surface area contributed by atoms with Crippen LogP contribution in [0, 0.1) is 0 Å². The lowest BCUT2D eigenvalue weighted by Gasteiger charge is -2.16. The summed E-state index contributed by atoms with van der Waals surface area (Å²) in [5.41, 5.74) is 6.80. The van der Waals surface area contributed by atoms with Gasteiger partial charge in [0.25, 0.3) is 0 Å². The molecule has 1 aromatic rings. The van der Waals surface area contributed by atoms with E-state index in [1.54, 1.807) is 0 Å². The number of nitrogens with one attached hydrogen (secondary N) is 1. The average molecular weight is 231 g/mol. The maximum Gasteiger partial charge on any atom is 0.0395 e. The second-order valence-electron chi connectivity index (χ2n) is 4.51. The average Bonchev–Trinajstić information content (AvgIpc) is 2.79. The second kappa shape index (κ2) is 6.42. The third kappa shape index (κ3) is 3.88.